The number of nitrogens with zero attached hydrogens (tertiary/aromatic N) is 1. The normalized spacial score (nSPS) is 15.5. The predicted octanol–water partition coefficient (Wildman–Crippen LogP) is 6.27. The standard InChI is InChI=1S/C28H25NO2S/c1-18-10-13-21(14-11-18)27(32)29-24-15-12-20(16-19-6-3-2-4-7-19)17-23(24)26-22(28(30)31)8-5-9-25(26)29/h2-4,6-7,10-15,17,22H,5,8-9,16H2,1H3,(H,30,31). The highest BCUT2D eigenvalue weighted by molar-refractivity contribution is 7.80. The van der Waals surface area contributed by atoms with Crippen LogP contribution in [0.4, 0.5) is 0 Å². The van der Waals surface area contributed by atoms with E-state index in [1.54, 1.807) is 0 Å². The maximum absolute atomic E-state index is 12.2. The number of aromatic nitrogens is 1. The number of carboxylic acid groups (broad SMARTS) is 1. The summed E-state index contributed by atoms with van der Waals surface area (Å²) >= 11 is 5.95. The van der Waals surface area contributed by atoms with Gasteiger partial charge < -0.3 is 9.67 Å². The van der Waals surface area contributed by atoms with E-state index in [0.717, 1.165) is 52.0 Å². The third kappa shape index (κ3) is 3.65. The zero-order valence-corrected chi connectivity index (χ0v) is 18.9. The first kappa shape index (κ1) is 20.7. The molecule has 4 heteroatoms. The Kier molecular flexibility index (Phi) is 5.40. The topological polar surface area (TPSA) is 42.2 Å². The number of hydrogen-bond donors (Lipinski definition) is 1. The number of carboxylic acids is 1. The minimum Gasteiger partial charge on any atom is -0.481 e. The molecule has 1 heterocycles. The van der Waals surface area contributed by atoms with Gasteiger partial charge in [0.2, 0.25) is 0 Å². The molecule has 160 valence electrons. The van der Waals surface area contributed by atoms with Crippen LogP contribution >= 0.6 is 12.2 Å². The molecule has 0 spiro atoms. The highest BCUT2D eigenvalue weighted by Crippen LogP contribution is 2.40. The number of benzene rings is 3. The van der Waals surface area contributed by atoms with Crippen molar-refractivity contribution in [1.82, 2.24) is 4.57 Å². The van der Waals surface area contributed by atoms with Crippen LogP contribution in [0, 0.1) is 6.92 Å². The van der Waals surface area contributed by atoms with Crippen molar-refractivity contribution in [1.29, 1.82) is 0 Å². The molecule has 0 saturated heterocycles. The van der Waals surface area contributed by atoms with Crippen molar-refractivity contribution in [3.63, 3.8) is 0 Å². The Balaban J connectivity index is 1.69. The molecule has 4 aromatic rings. The van der Waals surface area contributed by atoms with Crippen LogP contribution in [-0.4, -0.2) is 20.6 Å². The molecule has 0 aliphatic heterocycles. The summed E-state index contributed by atoms with van der Waals surface area (Å²) in [5, 5.41) is 11.0. The fourth-order valence-electron chi connectivity index (χ4n) is 4.91. The van der Waals surface area contributed by atoms with Crippen molar-refractivity contribution in [2.75, 3.05) is 0 Å². The lowest BCUT2D eigenvalue weighted by Gasteiger charge is -2.21. The molecule has 3 aromatic carbocycles. The summed E-state index contributed by atoms with van der Waals surface area (Å²) in [6.07, 6.45) is 3.18. The number of carbonyl (C=O) groups is 1. The average Bonchev–Trinajstić information content (AvgIpc) is 3.13. The van der Waals surface area contributed by atoms with Crippen LogP contribution in [0.15, 0.2) is 72.8 Å². The minimum absolute atomic E-state index is 0.490. The van der Waals surface area contributed by atoms with Crippen molar-refractivity contribution in [3.8, 4) is 0 Å². The summed E-state index contributed by atoms with van der Waals surface area (Å²) in [6, 6.07) is 25.0. The van der Waals surface area contributed by atoms with Gasteiger partial charge in [0.25, 0.3) is 0 Å². The highest BCUT2D eigenvalue weighted by Gasteiger charge is 2.33. The molecule has 1 atom stereocenters. The third-order valence-electron chi connectivity index (χ3n) is 6.48. The monoisotopic (exact) mass is 439 g/mol. The lowest BCUT2D eigenvalue weighted by Crippen LogP contribution is -2.21. The van der Waals surface area contributed by atoms with E-state index in [0.29, 0.717) is 6.42 Å². The number of aryl methyl sites for hydroxylation is 1. The number of thiocarbonyl (C=S) groups is 1. The maximum atomic E-state index is 12.2. The van der Waals surface area contributed by atoms with Crippen LogP contribution in [-0.2, 0) is 17.6 Å². The molecule has 3 nitrogen and oxygen atoms in total. The van der Waals surface area contributed by atoms with Crippen LogP contribution in [0.3, 0.4) is 0 Å². The number of aliphatic carboxylic acids is 1. The van der Waals surface area contributed by atoms with Crippen LogP contribution in [0.5, 0.6) is 0 Å². The lowest BCUT2D eigenvalue weighted by molar-refractivity contribution is -0.139. The zero-order valence-electron chi connectivity index (χ0n) is 18.0. The van der Waals surface area contributed by atoms with E-state index in [-0.39, 0.29) is 0 Å². The Morgan fingerprint density at radius 1 is 1.03 bits per heavy atom. The Bertz CT molecular complexity index is 1320. The van der Waals surface area contributed by atoms with Crippen molar-refractivity contribution in [2.45, 2.75) is 38.5 Å². The Morgan fingerprint density at radius 2 is 1.78 bits per heavy atom. The second-order valence-corrected chi connectivity index (χ2v) is 9.05. The predicted molar refractivity (Wildman–Crippen MR) is 133 cm³/mol. The van der Waals surface area contributed by atoms with E-state index in [1.165, 1.54) is 16.7 Å². The van der Waals surface area contributed by atoms with Gasteiger partial charge in [-0.15, -0.1) is 0 Å². The summed E-state index contributed by atoms with van der Waals surface area (Å²) in [5.41, 5.74) is 7.60. The van der Waals surface area contributed by atoms with Gasteiger partial charge in [-0.1, -0.05) is 78.4 Å². The summed E-state index contributed by atoms with van der Waals surface area (Å²) < 4.78 is 2.13. The number of fused-ring (bicyclic) bond motifs is 3. The summed E-state index contributed by atoms with van der Waals surface area (Å²) in [6.45, 7) is 2.06. The average molecular weight is 440 g/mol. The minimum atomic E-state index is -0.750. The molecule has 1 unspecified atom stereocenters. The van der Waals surface area contributed by atoms with Gasteiger partial charge in [-0.05, 0) is 61.4 Å². The molecule has 0 saturated carbocycles. The molecule has 0 radical (unpaired) electrons. The van der Waals surface area contributed by atoms with E-state index in [4.69, 9.17) is 12.2 Å². The lowest BCUT2D eigenvalue weighted by atomic mass is 9.85. The van der Waals surface area contributed by atoms with E-state index >= 15 is 0 Å². The molecule has 1 aliphatic rings. The maximum Gasteiger partial charge on any atom is 0.311 e. The molecule has 5 rings (SSSR count). The van der Waals surface area contributed by atoms with E-state index in [1.807, 2.05) is 18.2 Å². The molecule has 1 N–H and O–H groups in total. The first-order valence-corrected chi connectivity index (χ1v) is 11.5. The highest BCUT2D eigenvalue weighted by atomic mass is 32.1. The second kappa shape index (κ2) is 8.36. The van der Waals surface area contributed by atoms with E-state index in [9.17, 15) is 9.90 Å². The molecule has 1 aliphatic carbocycles. The molecular weight excluding hydrogens is 414 g/mol. The summed E-state index contributed by atoms with van der Waals surface area (Å²) in [7, 11) is 0. The van der Waals surface area contributed by atoms with Gasteiger partial charge in [-0.25, -0.2) is 0 Å². The molecule has 1 aromatic heterocycles. The van der Waals surface area contributed by atoms with Gasteiger partial charge in [-0.3, -0.25) is 4.79 Å². The first-order chi connectivity index (χ1) is 15.5. The number of rotatable bonds is 4. The third-order valence-corrected chi connectivity index (χ3v) is 6.90. The van der Waals surface area contributed by atoms with E-state index < -0.39 is 11.9 Å². The molecule has 0 amide bonds. The molecule has 0 bridgehead atoms. The summed E-state index contributed by atoms with van der Waals surface area (Å²) in [5.74, 6) is -1.24. The van der Waals surface area contributed by atoms with Gasteiger partial charge in [0.15, 0.2) is 0 Å². The number of hydrogen-bond acceptors (Lipinski definition) is 2. The van der Waals surface area contributed by atoms with Crippen molar-refractivity contribution in [3.05, 3.63) is 106 Å². The van der Waals surface area contributed by atoms with Crippen LogP contribution in [0.2, 0.25) is 0 Å². The first-order valence-electron chi connectivity index (χ1n) is 11.1. The van der Waals surface area contributed by atoms with Gasteiger partial charge in [-0.2, -0.15) is 0 Å². The summed E-state index contributed by atoms with van der Waals surface area (Å²) in [4.78, 5) is 12.9. The largest absolute Gasteiger partial charge is 0.481 e. The van der Waals surface area contributed by atoms with Crippen molar-refractivity contribution >= 4 is 34.1 Å². The SMILES string of the molecule is Cc1ccc(C(=S)n2c3c(c4cc(Cc5ccccc5)ccc42)C(C(=O)O)CCC3)cc1. The van der Waals surface area contributed by atoms with Crippen LogP contribution in [0.25, 0.3) is 10.9 Å². The molecule has 32 heavy (non-hydrogen) atoms. The van der Waals surface area contributed by atoms with E-state index in [2.05, 4.69) is 66.1 Å². The zero-order chi connectivity index (χ0) is 22.2. The van der Waals surface area contributed by atoms with Gasteiger partial charge in [0, 0.05) is 16.6 Å². The fraction of sp³-hybridized carbons (Fsp3) is 0.214. The van der Waals surface area contributed by atoms with Gasteiger partial charge in [0.05, 0.1) is 11.4 Å². The second-order valence-electron chi connectivity index (χ2n) is 8.66. The molecular formula is C28H25NO2S. The van der Waals surface area contributed by atoms with Crippen LogP contribution in [0.1, 0.15) is 52.3 Å². The van der Waals surface area contributed by atoms with Crippen LogP contribution < -0.4 is 0 Å². The van der Waals surface area contributed by atoms with Gasteiger partial charge >= 0.3 is 5.97 Å². The van der Waals surface area contributed by atoms with Gasteiger partial charge in [0.1, 0.15) is 4.99 Å². The Labute approximate surface area is 193 Å². The van der Waals surface area contributed by atoms with Crippen molar-refractivity contribution < 1.29 is 9.90 Å². The van der Waals surface area contributed by atoms with Crippen molar-refractivity contribution in [2.24, 2.45) is 0 Å². The molecule has 0 fully saturated rings. The Hall–Kier alpha value is -3.24. The fourth-order valence-corrected chi connectivity index (χ4v) is 5.26. The smallest absolute Gasteiger partial charge is 0.311 e. The Morgan fingerprint density at radius 3 is 2.50 bits per heavy atom. The quantitative estimate of drug-likeness (QED) is 0.381.